The molecular weight excluding hydrogens is 288 g/mol. The van der Waals surface area contributed by atoms with Gasteiger partial charge in [0.2, 0.25) is 5.91 Å². The van der Waals surface area contributed by atoms with Crippen molar-refractivity contribution >= 4 is 21.9 Å². The van der Waals surface area contributed by atoms with Crippen molar-refractivity contribution in [3.63, 3.8) is 0 Å². The second kappa shape index (κ2) is 5.59. The number of sulfonamides is 1. The molecule has 110 valence electrons. The molecule has 1 heterocycles. The van der Waals surface area contributed by atoms with E-state index in [1.165, 1.54) is 0 Å². The maximum absolute atomic E-state index is 11.9. The summed E-state index contributed by atoms with van der Waals surface area (Å²) in [5.74, 6) is -1.42. The molecule has 1 aromatic heterocycles. The van der Waals surface area contributed by atoms with E-state index in [0.717, 1.165) is 19.0 Å². The third-order valence-corrected chi connectivity index (χ3v) is 4.20. The van der Waals surface area contributed by atoms with Crippen LogP contribution in [0.25, 0.3) is 0 Å². The van der Waals surface area contributed by atoms with Crippen LogP contribution in [0, 0.1) is 5.92 Å². The molecule has 0 bridgehead atoms. The summed E-state index contributed by atoms with van der Waals surface area (Å²) in [5.41, 5.74) is -0.431. The van der Waals surface area contributed by atoms with Gasteiger partial charge in [-0.25, -0.2) is 17.9 Å². The highest BCUT2D eigenvalue weighted by Gasteiger charge is 2.29. The van der Waals surface area contributed by atoms with Crippen LogP contribution in [0.2, 0.25) is 0 Å². The molecule has 0 radical (unpaired) electrons. The average Bonchev–Trinajstić information content (AvgIpc) is 3.10. The Bertz CT molecular complexity index is 619. The zero-order valence-electron chi connectivity index (χ0n) is 10.4. The average molecular weight is 302 g/mol. The molecule has 0 atom stereocenters. The molecule has 10 heteroatoms. The van der Waals surface area contributed by atoms with Gasteiger partial charge in [-0.1, -0.05) is 0 Å². The van der Waals surface area contributed by atoms with Gasteiger partial charge in [-0.3, -0.25) is 9.89 Å². The van der Waals surface area contributed by atoms with E-state index >= 15 is 0 Å². The zero-order valence-corrected chi connectivity index (χ0v) is 11.2. The Morgan fingerprint density at radius 3 is 2.70 bits per heavy atom. The number of nitrogens with one attached hydrogen (secondary N) is 3. The van der Waals surface area contributed by atoms with Gasteiger partial charge < -0.3 is 10.4 Å². The standard InChI is InChI=1S/C10H14N4O5S/c15-8(6-1-2-6)11-3-4-13-20(18,19)9-7(10(16)17)5-12-14-9/h5-6,13H,1-4H2,(H,11,15)(H,12,14)(H,16,17). The highest BCUT2D eigenvalue weighted by Crippen LogP contribution is 2.28. The summed E-state index contributed by atoms with van der Waals surface area (Å²) >= 11 is 0. The molecular formula is C10H14N4O5S. The van der Waals surface area contributed by atoms with E-state index in [0.29, 0.717) is 0 Å². The van der Waals surface area contributed by atoms with Gasteiger partial charge in [-0.05, 0) is 12.8 Å². The van der Waals surface area contributed by atoms with Crippen LogP contribution >= 0.6 is 0 Å². The summed E-state index contributed by atoms with van der Waals surface area (Å²) in [6.45, 7) is 0.115. The molecule has 9 nitrogen and oxygen atoms in total. The molecule has 1 aliphatic rings. The Labute approximate surface area is 114 Å². The maximum Gasteiger partial charge on any atom is 0.340 e. The second-order valence-corrected chi connectivity index (χ2v) is 6.08. The SMILES string of the molecule is O=C(O)c1cn[nH]c1S(=O)(=O)NCCNC(=O)C1CC1. The first kappa shape index (κ1) is 14.5. The molecule has 0 unspecified atom stereocenters. The number of carboxylic acids is 1. The van der Waals surface area contributed by atoms with E-state index in [2.05, 4.69) is 20.2 Å². The number of aromatic amines is 1. The van der Waals surface area contributed by atoms with Gasteiger partial charge in [-0.2, -0.15) is 5.10 Å². The van der Waals surface area contributed by atoms with Crippen LogP contribution in [0.3, 0.4) is 0 Å². The van der Waals surface area contributed by atoms with Crippen molar-refractivity contribution in [1.82, 2.24) is 20.2 Å². The summed E-state index contributed by atoms with van der Waals surface area (Å²) in [4.78, 5) is 22.1. The van der Waals surface area contributed by atoms with Crippen molar-refractivity contribution in [3.05, 3.63) is 11.8 Å². The van der Waals surface area contributed by atoms with Crippen molar-refractivity contribution in [2.75, 3.05) is 13.1 Å². The molecule has 1 aromatic rings. The summed E-state index contributed by atoms with van der Waals surface area (Å²) in [7, 11) is -4.00. The molecule has 0 aromatic carbocycles. The van der Waals surface area contributed by atoms with Crippen LogP contribution in [0.1, 0.15) is 23.2 Å². The first-order valence-electron chi connectivity index (χ1n) is 5.96. The number of aromatic nitrogens is 2. The molecule has 0 aliphatic heterocycles. The Balaban J connectivity index is 1.88. The Kier molecular flexibility index (Phi) is 4.04. The number of carbonyl (C=O) groups excluding carboxylic acids is 1. The van der Waals surface area contributed by atoms with Gasteiger partial charge in [-0.15, -0.1) is 0 Å². The summed E-state index contributed by atoms with van der Waals surface area (Å²) < 4.78 is 25.9. The smallest absolute Gasteiger partial charge is 0.340 e. The van der Waals surface area contributed by atoms with Crippen molar-refractivity contribution in [2.45, 2.75) is 17.9 Å². The van der Waals surface area contributed by atoms with Gasteiger partial charge >= 0.3 is 5.97 Å². The molecule has 2 rings (SSSR count). The van der Waals surface area contributed by atoms with Gasteiger partial charge in [0.25, 0.3) is 10.0 Å². The normalized spacial score (nSPS) is 15.0. The third kappa shape index (κ3) is 3.33. The van der Waals surface area contributed by atoms with Gasteiger partial charge in [0, 0.05) is 19.0 Å². The molecule has 1 saturated carbocycles. The van der Waals surface area contributed by atoms with E-state index in [-0.39, 0.29) is 24.9 Å². The Hall–Kier alpha value is -1.94. The monoisotopic (exact) mass is 302 g/mol. The minimum Gasteiger partial charge on any atom is -0.478 e. The van der Waals surface area contributed by atoms with E-state index in [1.807, 2.05) is 0 Å². The number of hydrogen-bond acceptors (Lipinski definition) is 5. The molecule has 1 fully saturated rings. The fourth-order valence-electron chi connectivity index (χ4n) is 1.56. The third-order valence-electron chi connectivity index (χ3n) is 2.77. The number of H-pyrrole nitrogens is 1. The lowest BCUT2D eigenvalue weighted by atomic mass is 10.4. The lowest BCUT2D eigenvalue weighted by molar-refractivity contribution is -0.122. The number of amides is 1. The van der Waals surface area contributed by atoms with Crippen LogP contribution in [0.15, 0.2) is 11.2 Å². The van der Waals surface area contributed by atoms with Crippen molar-refractivity contribution in [2.24, 2.45) is 5.92 Å². The van der Waals surface area contributed by atoms with Crippen LogP contribution in [-0.2, 0) is 14.8 Å². The number of nitrogens with zero attached hydrogens (tertiary/aromatic N) is 1. The molecule has 20 heavy (non-hydrogen) atoms. The van der Waals surface area contributed by atoms with E-state index in [1.54, 1.807) is 0 Å². The lowest BCUT2D eigenvalue weighted by Gasteiger charge is -2.07. The first-order chi connectivity index (χ1) is 9.42. The first-order valence-corrected chi connectivity index (χ1v) is 7.44. The number of aromatic carboxylic acids is 1. The summed E-state index contributed by atoms with van der Waals surface area (Å²) in [6.07, 6.45) is 2.66. The van der Waals surface area contributed by atoms with Gasteiger partial charge in [0.15, 0.2) is 5.03 Å². The van der Waals surface area contributed by atoms with Crippen molar-refractivity contribution in [1.29, 1.82) is 0 Å². The Morgan fingerprint density at radius 1 is 1.40 bits per heavy atom. The molecule has 1 amide bonds. The molecule has 1 aliphatic carbocycles. The maximum atomic E-state index is 11.9. The molecule has 0 saturated heterocycles. The van der Waals surface area contributed by atoms with Crippen LogP contribution in [0.5, 0.6) is 0 Å². The highest BCUT2D eigenvalue weighted by molar-refractivity contribution is 7.89. The number of carbonyl (C=O) groups is 2. The van der Waals surface area contributed by atoms with Crippen LogP contribution < -0.4 is 10.0 Å². The zero-order chi connectivity index (χ0) is 14.8. The lowest BCUT2D eigenvalue weighted by Crippen LogP contribution is -2.35. The van der Waals surface area contributed by atoms with Crippen LogP contribution in [0.4, 0.5) is 0 Å². The summed E-state index contributed by atoms with van der Waals surface area (Å²) in [6, 6.07) is 0. The number of carboxylic acid groups (broad SMARTS) is 1. The van der Waals surface area contributed by atoms with Crippen molar-refractivity contribution in [3.8, 4) is 0 Å². The highest BCUT2D eigenvalue weighted by atomic mass is 32.2. The molecule has 4 N–H and O–H groups in total. The van der Waals surface area contributed by atoms with Crippen molar-refractivity contribution < 1.29 is 23.1 Å². The minimum atomic E-state index is -4.00. The second-order valence-electron chi connectivity index (χ2n) is 4.38. The summed E-state index contributed by atoms with van der Waals surface area (Å²) in [5, 5.41) is 16.5. The van der Waals surface area contributed by atoms with E-state index in [4.69, 9.17) is 5.11 Å². The van der Waals surface area contributed by atoms with E-state index < -0.39 is 26.6 Å². The van der Waals surface area contributed by atoms with Gasteiger partial charge in [0.05, 0.1) is 6.20 Å². The number of hydrogen-bond donors (Lipinski definition) is 4. The predicted molar refractivity (Wildman–Crippen MR) is 66.5 cm³/mol. The fourth-order valence-corrected chi connectivity index (χ4v) is 2.68. The van der Waals surface area contributed by atoms with E-state index in [9.17, 15) is 18.0 Å². The number of rotatable bonds is 7. The predicted octanol–water partition coefficient (Wildman–Crippen LogP) is -1.09. The topological polar surface area (TPSA) is 141 Å². The minimum absolute atomic E-state index is 0.0289. The largest absolute Gasteiger partial charge is 0.478 e. The van der Waals surface area contributed by atoms with Gasteiger partial charge in [0.1, 0.15) is 5.56 Å². The Morgan fingerprint density at radius 2 is 2.10 bits per heavy atom. The quantitative estimate of drug-likeness (QED) is 0.472. The fraction of sp³-hybridized carbons (Fsp3) is 0.500. The van der Waals surface area contributed by atoms with Crippen LogP contribution in [-0.4, -0.2) is 48.7 Å². The molecule has 0 spiro atoms.